The van der Waals surface area contributed by atoms with Gasteiger partial charge >= 0.3 is 0 Å². The largest absolute Gasteiger partial charge is 0.390 e. The van der Waals surface area contributed by atoms with Crippen LogP contribution in [0.3, 0.4) is 0 Å². The number of nitrogens with one attached hydrogen (secondary N) is 1. The molecule has 112 valence electrons. The van der Waals surface area contributed by atoms with Gasteiger partial charge in [-0.15, -0.1) is 5.92 Å². The molecule has 1 heterocycles. The smallest absolute Gasteiger partial charge is 0.251 e. The fraction of sp³-hybridized carbons (Fsp3) is 0.471. The van der Waals surface area contributed by atoms with E-state index in [0.29, 0.717) is 18.7 Å². The number of rotatable bonds is 3. The van der Waals surface area contributed by atoms with Gasteiger partial charge in [0.25, 0.3) is 5.91 Å². The second kappa shape index (κ2) is 7.82. The number of aliphatic hydroxyl groups is 1. The van der Waals surface area contributed by atoms with E-state index in [1.54, 1.807) is 12.1 Å². The second-order valence-corrected chi connectivity index (χ2v) is 5.24. The minimum atomic E-state index is -0.546. The van der Waals surface area contributed by atoms with Crippen molar-refractivity contribution >= 4 is 5.91 Å². The summed E-state index contributed by atoms with van der Waals surface area (Å²) in [4.78, 5) is 14.2. The van der Waals surface area contributed by atoms with Crippen LogP contribution in [0.1, 0.15) is 30.1 Å². The lowest BCUT2D eigenvalue weighted by Gasteiger charge is -2.35. The summed E-state index contributed by atoms with van der Waals surface area (Å²) in [6, 6.07) is 8.91. The molecule has 1 aliphatic rings. The van der Waals surface area contributed by atoms with Crippen LogP contribution in [0.25, 0.3) is 0 Å². The number of likely N-dealkylation sites (tertiary alicyclic amines) is 1. The number of benzene rings is 1. The number of aliphatic hydroxyl groups excluding tert-OH is 1. The first-order valence-corrected chi connectivity index (χ1v) is 7.42. The first-order valence-electron chi connectivity index (χ1n) is 7.42. The Morgan fingerprint density at radius 1 is 1.38 bits per heavy atom. The number of amides is 1. The van der Waals surface area contributed by atoms with Crippen LogP contribution in [-0.2, 0) is 0 Å². The predicted molar refractivity (Wildman–Crippen MR) is 82.8 cm³/mol. The zero-order valence-electron chi connectivity index (χ0n) is 12.4. The average molecular weight is 286 g/mol. The molecule has 0 radical (unpaired) electrons. The summed E-state index contributed by atoms with van der Waals surface area (Å²) < 4.78 is 0. The van der Waals surface area contributed by atoms with E-state index in [1.807, 2.05) is 25.1 Å². The molecule has 0 unspecified atom stereocenters. The topological polar surface area (TPSA) is 52.6 Å². The molecule has 21 heavy (non-hydrogen) atoms. The Morgan fingerprint density at radius 2 is 2.14 bits per heavy atom. The van der Waals surface area contributed by atoms with Crippen molar-refractivity contribution in [3.63, 3.8) is 0 Å². The van der Waals surface area contributed by atoms with Crippen LogP contribution in [0.2, 0.25) is 0 Å². The van der Waals surface area contributed by atoms with Gasteiger partial charge in [0.15, 0.2) is 0 Å². The first kappa shape index (κ1) is 15.6. The maximum Gasteiger partial charge on any atom is 0.251 e. The third-order valence-corrected chi connectivity index (χ3v) is 3.62. The monoisotopic (exact) mass is 286 g/mol. The maximum absolute atomic E-state index is 12.1. The average Bonchev–Trinajstić information content (AvgIpc) is 2.51. The van der Waals surface area contributed by atoms with Crippen LogP contribution in [0.5, 0.6) is 0 Å². The summed E-state index contributed by atoms with van der Waals surface area (Å²) in [5, 5.41) is 13.1. The Labute approximate surface area is 126 Å². The minimum absolute atomic E-state index is 0.126. The van der Waals surface area contributed by atoms with Crippen molar-refractivity contribution in [1.82, 2.24) is 10.2 Å². The highest BCUT2D eigenvalue weighted by molar-refractivity contribution is 5.94. The Kier molecular flexibility index (Phi) is 5.79. The van der Waals surface area contributed by atoms with E-state index in [0.717, 1.165) is 19.4 Å². The number of hydrogen-bond acceptors (Lipinski definition) is 3. The van der Waals surface area contributed by atoms with Crippen molar-refractivity contribution in [3.05, 3.63) is 35.9 Å². The van der Waals surface area contributed by atoms with Gasteiger partial charge in [0.2, 0.25) is 0 Å². The van der Waals surface area contributed by atoms with Crippen LogP contribution >= 0.6 is 0 Å². The summed E-state index contributed by atoms with van der Waals surface area (Å²) in [7, 11) is 0. The molecule has 0 bridgehead atoms. The lowest BCUT2D eigenvalue weighted by molar-refractivity contribution is 0.0429. The molecular weight excluding hydrogens is 264 g/mol. The fourth-order valence-corrected chi connectivity index (χ4v) is 2.44. The van der Waals surface area contributed by atoms with Crippen LogP contribution in [-0.4, -0.2) is 47.7 Å². The number of carbonyl (C=O) groups is 1. The van der Waals surface area contributed by atoms with Gasteiger partial charge in [-0.2, -0.15) is 0 Å². The molecule has 1 amide bonds. The Balaban J connectivity index is 1.85. The van der Waals surface area contributed by atoms with Crippen molar-refractivity contribution < 1.29 is 9.90 Å². The van der Waals surface area contributed by atoms with Crippen molar-refractivity contribution in [1.29, 1.82) is 0 Å². The van der Waals surface area contributed by atoms with Crippen LogP contribution in [0.4, 0.5) is 0 Å². The predicted octanol–water partition coefficient (Wildman–Crippen LogP) is 1.27. The molecule has 2 atom stereocenters. The molecule has 1 aliphatic heterocycles. The van der Waals surface area contributed by atoms with Crippen LogP contribution in [0, 0.1) is 11.8 Å². The highest BCUT2D eigenvalue weighted by Gasteiger charge is 2.28. The van der Waals surface area contributed by atoms with Crippen molar-refractivity contribution in [2.45, 2.75) is 31.9 Å². The molecular formula is C17H22N2O2. The summed E-state index contributed by atoms with van der Waals surface area (Å²) in [6.45, 7) is 4.10. The van der Waals surface area contributed by atoms with Crippen LogP contribution in [0.15, 0.2) is 30.3 Å². The fourth-order valence-electron chi connectivity index (χ4n) is 2.44. The van der Waals surface area contributed by atoms with Crippen molar-refractivity contribution in [3.8, 4) is 11.8 Å². The molecule has 1 aromatic carbocycles. The Bertz CT molecular complexity index is 519. The molecule has 1 saturated heterocycles. The van der Waals surface area contributed by atoms with Gasteiger partial charge in [-0.05, 0) is 18.6 Å². The maximum atomic E-state index is 12.1. The normalized spacial score (nSPS) is 22.2. The van der Waals surface area contributed by atoms with Crippen molar-refractivity contribution in [2.75, 3.05) is 19.6 Å². The van der Waals surface area contributed by atoms with Gasteiger partial charge in [0.1, 0.15) is 0 Å². The molecule has 4 heteroatoms. The third-order valence-electron chi connectivity index (χ3n) is 3.62. The van der Waals surface area contributed by atoms with E-state index in [-0.39, 0.29) is 11.9 Å². The van der Waals surface area contributed by atoms with Gasteiger partial charge in [-0.3, -0.25) is 9.69 Å². The van der Waals surface area contributed by atoms with Gasteiger partial charge in [0.05, 0.1) is 18.7 Å². The lowest BCUT2D eigenvalue weighted by Crippen LogP contribution is -2.54. The zero-order valence-corrected chi connectivity index (χ0v) is 12.4. The quantitative estimate of drug-likeness (QED) is 0.823. The van der Waals surface area contributed by atoms with Crippen molar-refractivity contribution in [2.24, 2.45) is 0 Å². The Hall–Kier alpha value is -1.83. The van der Waals surface area contributed by atoms with E-state index >= 15 is 0 Å². The van der Waals surface area contributed by atoms with E-state index in [9.17, 15) is 9.90 Å². The number of nitrogens with zero attached hydrogens (tertiary/aromatic N) is 1. The minimum Gasteiger partial charge on any atom is -0.390 e. The summed E-state index contributed by atoms with van der Waals surface area (Å²) in [5.74, 6) is 5.99. The summed E-state index contributed by atoms with van der Waals surface area (Å²) in [5.41, 5.74) is 0.626. The molecule has 0 aromatic heterocycles. The molecule has 0 spiro atoms. The molecule has 0 aliphatic carbocycles. The highest BCUT2D eigenvalue weighted by Crippen LogP contribution is 2.12. The number of hydrogen-bond donors (Lipinski definition) is 2. The third kappa shape index (κ3) is 4.59. The van der Waals surface area contributed by atoms with E-state index in [1.165, 1.54) is 0 Å². The van der Waals surface area contributed by atoms with Gasteiger partial charge in [-0.25, -0.2) is 0 Å². The number of piperidine rings is 1. The number of carbonyl (C=O) groups excluding carboxylic acids is 1. The number of β-amino-alcohol motifs (C(OH)–C–C–N with tert-alkyl or cyclic N) is 1. The summed E-state index contributed by atoms with van der Waals surface area (Å²) >= 11 is 0. The standard InChI is InChI=1S/C17H22N2O2/c1-2-3-7-11-19-12-10-15(16(20)13-19)18-17(21)14-8-5-4-6-9-14/h4-6,8-9,15-16,20H,2,10-13H2,1H3,(H,18,21)/t15-,16-/m1/s1. The lowest BCUT2D eigenvalue weighted by atomic mass is 10.0. The highest BCUT2D eigenvalue weighted by atomic mass is 16.3. The van der Waals surface area contributed by atoms with Gasteiger partial charge in [0, 0.05) is 25.1 Å². The molecule has 1 aromatic rings. The first-order chi connectivity index (χ1) is 10.2. The molecule has 1 fully saturated rings. The van der Waals surface area contributed by atoms with E-state index in [2.05, 4.69) is 22.1 Å². The Morgan fingerprint density at radius 3 is 2.81 bits per heavy atom. The van der Waals surface area contributed by atoms with E-state index < -0.39 is 6.10 Å². The van der Waals surface area contributed by atoms with E-state index in [4.69, 9.17) is 0 Å². The van der Waals surface area contributed by atoms with Crippen LogP contribution < -0.4 is 5.32 Å². The van der Waals surface area contributed by atoms with Gasteiger partial charge < -0.3 is 10.4 Å². The molecule has 2 rings (SSSR count). The second-order valence-electron chi connectivity index (χ2n) is 5.24. The molecule has 4 nitrogen and oxygen atoms in total. The SMILES string of the molecule is CCC#CCN1CC[C@@H](NC(=O)c2ccccc2)[C@H](O)C1. The summed E-state index contributed by atoms with van der Waals surface area (Å²) in [6.07, 6.45) is 1.05. The zero-order chi connectivity index (χ0) is 15.1. The molecule has 2 N–H and O–H groups in total. The van der Waals surface area contributed by atoms with Gasteiger partial charge in [-0.1, -0.05) is 31.0 Å². The molecule has 0 saturated carbocycles.